The lowest BCUT2D eigenvalue weighted by atomic mass is 10.1. The van der Waals surface area contributed by atoms with Gasteiger partial charge in [-0.1, -0.05) is 17.3 Å². The zero-order valence-corrected chi connectivity index (χ0v) is 8.54. The van der Waals surface area contributed by atoms with Crippen LogP contribution in [0.25, 0.3) is 11.3 Å². The van der Waals surface area contributed by atoms with Crippen LogP contribution in [0.3, 0.4) is 0 Å². The van der Waals surface area contributed by atoms with E-state index in [9.17, 15) is 0 Å². The zero-order valence-electron chi connectivity index (χ0n) is 7.73. The first-order chi connectivity index (χ1) is 6.83. The van der Waals surface area contributed by atoms with Crippen LogP contribution < -0.4 is 5.73 Å². The predicted molar refractivity (Wildman–Crippen MR) is 58.1 cm³/mol. The van der Waals surface area contributed by atoms with Gasteiger partial charge >= 0.3 is 0 Å². The summed E-state index contributed by atoms with van der Waals surface area (Å²) in [6.45, 7) is 0. The van der Waals surface area contributed by atoms with Gasteiger partial charge in [-0.2, -0.15) is 0 Å². The molecule has 72 valence electrons. The Kier molecular flexibility index (Phi) is 2.45. The van der Waals surface area contributed by atoms with Crippen LogP contribution in [-0.4, -0.2) is 11.4 Å². The molecule has 2 rings (SSSR count). The number of anilines is 1. The maximum atomic E-state index is 5.73. The van der Waals surface area contributed by atoms with E-state index < -0.39 is 0 Å². The van der Waals surface area contributed by atoms with Crippen molar-refractivity contribution in [3.63, 3.8) is 0 Å². The molecule has 0 saturated carbocycles. The molecule has 1 aromatic carbocycles. The van der Waals surface area contributed by atoms with Gasteiger partial charge in [0.2, 0.25) is 0 Å². The summed E-state index contributed by atoms with van der Waals surface area (Å²) in [5, 5.41) is 3.66. The summed E-state index contributed by atoms with van der Waals surface area (Å²) in [4.78, 5) is 1.14. The van der Waals surface area contributed by atoms with Gasteiger partial charge in [0.15, 0.2) is 5.76 Å². The first kappa shape index (κ1) is 9.15. The molecular formula is C10H10N2OS. The van der Waals surface area contributed by atoms with Gasteiger partial charge in [0.1, 0.15) is 5.69 Å². The summed E-state index contributed by atoms with van der Waals surface area (Å²) < 4.78 is 5.10. The van der Waals surface area contributed by atoms with E-state index in [1.165, 1.54) is 6.20 Å². The molecule has 0 aliphatic heterocycles. The van der Waals surface area contributed by atoms with Crippen LogP contribution in [0.2, 0.25) is 0 Å². The average molecular weight is 206 g/mol. The van der Waals surface area contributed by atoms with Crippen molar-refractivity contribution in [2.75, 3.05) is 12.0 Å². The van der Waals surface area contributed by atoms with Crippen molar-refractivity contribution in [3.05, 3.63) is 30.5 Å². The van der Waals surface area contributed by atoms with Crippen LogP contribution in [0.1, 0.15) is 0 Å². The van der Waals surface area contributed by atoms with Crippen molar-refractivity contribution in [1.29, 1.82) is 0 Å². The van der Waals surface area contributed by atoms with E-state index in [4.69, 9.17) is 10.3 Å². The maximum Gasteiger partial charge on any atom is 0.190 e. The third-order valence-corrected chi connectivity index (χ3v) is 2.75. The van der Waals surface area contributed by atoms with Gasteiger partial charge in [-0.3, -0.25) is 0 Å². The minimum atomic E-state index is 0.575. The Bertz CT molecular complexity index is 439. The molecule has 2 N–H and O–H groups in total. The van der Waals surface area contributed by atoms with Crippen LogP contribution in [0.4, 0.5) is 5.69 Å². The Morgan fingerprint density at radius 1 is 1.36 bits per heavy atom. The van der Waals surface area contributed by atoms with Gasteiger partial charge in [-0.15, -0.1) is 11.8 Å². The number of benzene rings is 1. The molecule has 0 amide bonds. The van der Waals surface area contributed by atoms with Gasteiger partial charge in [0.05, 0.1) is 6.20 Å². The monoisotopic (exact) mass is 206 g/mol. The van der Waals surface area contributed by atoms with E-state index >= 15 is 0 Å². The van der Waals surface area contributed by atoms with Crippen molar-refractivity contribution < 1.29 is 4.52 Å². The lowest BCUT2D eigenvalue weighted by Crippen LogP contribution is -1.86. The number of rotatable bonds is 2. The number of thioether (sulfide) groups is 1. The summed E-state index contributed by atoms with van der Waals surface area (Å²) in [5.74, 6) is 0.648. The second-order valence-corrected chi connectivity index (χ2v) is 3.66. The quantitative estimate of drug-likeness (QED) is 0.767. The fourth-order valence-corrected chi connectivity index (χ4v) is 1.88. The summed E-state index contributed by atoms with van der Waals surface area (Å²) in [6, 6.07) is 7.95. The Balaban J connectivity index is 2.56. The highest BCUT2D eigenvalue weighted by atomic mass is 32.2. The van der Waals surface area contributed by atoms with Crippen LogP contribution in [0.15, 0.2) is 39.9 Å². The predicted octanol–water partition coefficient (Wildman–Crippen LogP) is 2.65. The van der Waals surface area contributed by atoms with Gasteiger partial charge in [0, 0.05) is 10.5 Å². The molecule has 4 heteroatoms. The molecule has 0 atom stereocenters. The molecule has 0 saturated heterocycles. The number of aromatic nitrogens is 1. The molecule has 1 aromatic heterocycles. The molecular weight excluding hydrogens is 196 g/mol. The molecule has 1 heterocycles. The number of nitrogens with two attached hydrogens (primary N) is 1. The molecule has 0 aliphatic carbocycles. The smallest absolute Gasteiger partial charge is 0.190 e. The number of hydrogen-bond acceptors (Lipinski definition) is 4. The van der Waals surface area contributed by atoms with E-state index in [1.807, 2.05) is 30.5 Å². The first-order valence-corrected chi connectivity index (χ1v) is 5.39. The maximum absolute atomic E-state index is 5.73. The third-order valence-electron chi connectivity index (χ3n) is 1.95. The van der Waals surface area contributed by atoms with Crippen LogP contribution in [-0.2, 0) is 0 Å². The first-order valence-electron chi connectivity index (χ1n) is 4.16. The van der Waals surface area contributed by atoms with E-state index in [1.54, 1.807) is 11.8 Å². The second kappa shape index (κ2) is 3.75. The molecule has 0 unspecified atom stereocenters. The number of nitrogens with zero attached hydrogens (tertiary/aromatic N) is 1. The van der Waals surface area contributed by atoms with Crippen molar-refractivity contribution in [3.8, 4) is 11.3 Å². The largest absolute Gasteiger partial charge is 0.394 e. The summed E-state index contributed by atoms with van der Waals surface area (Å²) in [5.41, 5.74) is 7.30. The highest BCUT2D eigenvalue weighted by molar-refractivity contribution is 7.98. The lowest BCUT2D eigenvalue weighted by molar-refractivity contribution is 0.432. The van der Waals surface area contributed by atoms with E-state index in [0.29, 0.717) is 11.4 Å². The molecule has 0 fully saturated rings. The summed E-state index contributed by atoms with van der Waals surface area (Å²) >= 11 is 1.66. The standard InChI is InChI=1S/C10H10N2OS/c1-14-9-5-3-2-4-7(9)10-8(11)6-12-13-10/h2-6H,11H2,1H3. The van der Waals surface area contributed by atoms with Crippen molar-refractivity contribution in [2.45, 2.75) is 4.90 Å². The van der Waals surface area contributed by atoms with Gasteiger partial charge in [-0.25, -0.2) is 0 Å². The number of hydrogen-bond donors (Lipinski definition) is 1. The average Bonchev–Trinajstić information content (AvgIpc) is 2.64. The van der Waals surface area contributed by atoms with E-state index in [0.717, 1.165) is 10.5 Å². The Hall–Kier alpha value is -1.42. The van der Waals surface area contributed by atoms with Crippen LogP contribution in [0, 0.1) is 0 Å². The minimum absolute atomic E-state index is 0.575. The minimum Gasteiger partial charge on any atom is -0.394 e. The van der Waals surface area contributed by atoms with Crippen molar-refractivity contribution in [2.24, 2.45) is 0 Å². The SMILES string of the molecule is CSc1ccccc1-c1oncc1N. The normalized spacial score (nSPS) is 10.4. The molecule has 0 spiro atoms. The molecule has 3 nitrogen and oxygen atoms in total. The number of nitrogen functional groups attached to an aromatic ring is 1. The topological polar surface area (TPSA) is 52.0 Å². The summed E-state index contributed by atoms with van der Waals surface area (Å²) in [7, 11) is 0. The third kappa shape index (κ3) is 1.48. The van der Waals surface area contributed by atoms with Gasteiger partial charge < -0.3 is 10.3 Å². The molecule has 0 bridgehead atoms. The van der Waals surface area contributed by atoms with E-state index in [2.05, 4.69) is 5.16 Å². The van der Waals surface area contributed by atoms with Crippen LogP contribution in [0.5, 0.6) is 0 Å². The van der Waals surface area contributed by atoms with Crippen molar-refractivity contribution >= 4 is 17.4 Å². The molecule has 2 aromatic rings. The van der Waals surface area contributed by atoms with Crippen LogP contribution >= 0.6 is 11.8 Å². The van der Waals surface area contributed by atoms with Gasteiger partial charge in [-0.05, 0) is 18.4 Å². The van der Waals surface area contributed by atoms with Gasteiger partial charge in [0.25, 0.3) is 0 Å². The molecule has 0 aliphatic rings. The Morgan fingerprint density at radius 3 is 2.79 bits per heavy atom. The lowest BCUT2D eigenvalue weighted by Gasteiger charge is -2.03. The fraction of sp³-hybridized carbons (Fsp3) is 0.100. The molecule has 0 radical (unpaired) electrons. The highest BCUT2D eigenvalue weighted by Gasteiger charge is 2.10. The molecule has 14 heavy (non-hydrogen) atoms. The highest BCUT2D eigenvalue weighted by Crippen LogP contribution is 2.32. The second-order valence-electron chi connectivity index (χ2n) is 2.81. The van der Waals surface area contributed by atoms with Crippen molar-refractivity contribution in [1.82, 2.24) is 5.16 Å². The Labute approximate surface area is 86.3 Å². The summed E-state index contributed by atoms with van der Waals surface area (Å²) in [6.07, 6.45) is 3.54. The Morgan fingerprint density at radius 2 is 2.14 bits per heavy atom. The fourth-order valence-electron chi connectivity index (χ4n) is 1.28. The zero-order chi connectivity index (χ0) is 9.97. The van der Waals surface area contributed by atoms with E-state index in [-0.39, 0.29) is 0 Å².